The Hall–Kier alpha value is -2.65. The summed E-state index contributed by atoms with van der Waals surface area (Å²) in [4.78, 5) is 19.4. The maximum Gasteiger partial charge on any atom is 0.220 e. The highest BCUT2D eigenvalue weighted by atomic mass is 31.2. The molecule has 1 aromatic heterocycles. The number of aromatic nitrogens is 2. The van der Waals surface area contributed by atoms with Crippen molar-refractivity contribution in [3.05, 3.63) is 78.9 Å². The van der Waals surface area contributed by atoms with Crippen LogP contribution in [0, 0.1) is 0 Å². The van der Waals surface area contributed by atoms with E-state index in [1.165, 1.54) is 0 Å². The van der Waals surface area contributed by atoms with Crippen LogP contribution in [0.2, 0.25) is 0 Å². The summed E-state index contributed by atoms with van der Waals surface area (Å²) >= 11 is 0. The zero-order valence-corrected chi connectivity index (χ0v) is 15.4. The second-order valence-electron chi connectivity index (χ2n) is 6.06. The topological polar surface area (TPSA) is 74.8 Å². The van der Waals surface area contributed by atoms with Crippen molar-refractivity contribution >= 4 is 23.7 Å². The minimum atomic E-state index is -2.91. The molecule has 0 unspecified atom stereocenters. The van der Waals surface area contributed by atoms with Gasteiger partial charge in [-0.1, -0.05) is 60.7 Å². The number of nitrogens with zero attached hydrogens (tertiary/aromatic N) is 1. The third-order valence-electron chi connectivity index (χ3n) is 4.22. The van der Waals surface area contributed by atoms with Crippen LogP contribution < -0.4 is 15.9 Å². The molecule has 6 heteroatoms. The Kier molecular flexibility index (Phi) is 6.03. The van der Waals surface area contributed by atoms with Crippen molar-refractivity contribution in [2.45, 2.75) is 19.3 Å². The first-order valence-electron chi connectivity index (χ1n) is 8.64. The maximum absolute atomic E-state index is 13.8. The number of amides is 1. The van der Waals surface area contributed by atoms with Gasteiger partial charge in [0.05, 0.1) is 6.29 Å². The number of rotatable bonds is 8. The number of imidazole rings is 1. The van der Waals surface area contributed by atoms with E-state index in [4.69, 9.17) is 0 Å². The van der Waals surface area contributed by atoms with Gasteiger partial charge in [-0.05, 0) is 6.42 Å². The molecular weight excluding hydrogens is 345 g/mol. The van der Waals surface area contributed by atoms with E-state index in [-0.39, 0.29) is 12.2 Å². The van der Waals surface area contributed by atoms with Gasteiger partial charge in [-0.2, -0.15) is 0 Å². The summed E-state index contributed by atoms with van der Waals surface area (Å²) in [5.41, 5.74) is 0. The second kappa shape index (κ2) is 8.63. The number of carbonyl (C=O) groups excluding carboxylic acids is 1. The van der Waals surface area contributed by atoms with Gasteiger partial charge in [0.25, 0.3) is 0 Å². The van der Waals surface area contributed by atoms with Gasteiger partial charge < -0.3 is 14.9 Å². The average Bonchev–Trinajstić information content (AvgIpc) is 3.21. The standard InChI is InChI=1S/C20H22N3O2P/c24-20(13-7-12-19-21-14-15-22-19)23-16-26(25,17-8-3-1-4-9-17)18-10-5-2-6-11-18/h1-6,8-11,14-15H,7,12-13,16H2,(H,21,22)(H,23,24). The number of nitrogens with one attached hydrogen (secondary N) is 2. The molecule has 0 spiro atoms. The highest BCUT2D eigenvalue weighted by Crippen LogP contribution is 2.41. The predicted octanol–water partition coefficient (Wildman–Crippen LogP) is 2.82. The summed E-state index contributed by atoms with van der Waals surface area (Å²) in [6.07, 6.45) is 5.39. The van der Waals surface area contributed by atoms with Gasteiger partial charge >= 0.3 is 0 Å². The van der Waals surface area contributed by atoms with E-state index < -0.39 is 7.14 Å². The summed E-state index contributed by atoms with van der Waals surface area (Å²) in [5.74, 6) is 0.778. The normalized spacial score (nSPS) is 11.2. The van der Waals surface area contributed by atoms with Crippen molar-refractivity contribution in [3.63, 3.8) is 0 Å². The van der Waals surface area contributed by atoms with Crippen LogP contribution in [0.5, 0.6) is 0 Å². The molecule has 2 aromatic carbocycles. The van der Waals surface area contributed by atoms with Crippen LogP contribution in [0.1, 0.15) is 18.7 Å². The number of aryl methyl sites for hydroxylation is 1. The first-order chi connectivity index (χ1) is 12.7. The van der Waals surface area contributed by atoms with Crippen LogP contribution >= 0.6 is 7.14 Å². The molecule has 0 fully saturated rings. The lowest BCUT2D eigenvalue weighted by Crippen LogP contribution is -2.30. The lowest BCUT2D eigenvalue weighted by molar-refractivity contribution is -0.120. The predicted molar refractivity (Wildman–Crippen MR) is 104 cm³/mol. The van der Waals surface area contributed by atoms with Gasteiger partial charge in [0, 0.05) is 35.8 Å². The molecule has 0 saturated heterocycles. The molecule has 0 aliphatic carbocycles. The molecule has 2 N–H and O–H groups in total. The highest BCUT2D eigenvalue weighted by molar-refractivity contribution is 7.78. The Balaban J connectivity index is 1.65. The fourth-order valence-corrected chi connectivity index (χ4v) is 5.18. The van der Waals surface area contributed by atoms with Crippen molar-refractivity contribution in [3.8, 4) is 0 Å². The summed E-state index contributed by atoms with van der Waals surface area (Å²) in [5, 5.41) is 4.37. The Morgan fingerprint density at radius 2 is 1.62 bits per heavy atom. The number of hydrogen-bond acceptors (Lipinski definition) is 3. The van der Waals surface area contributed by atoms with Gasteiger partial charge in [0.1, 0.15) is 5.82 Å². The van der Waals surface area contributed by atoms with Gasteiger partial charge in [0.15, 0.2) is 7.14 Å². The molecule has 3 aromatic rings. The minimum absolute atomic E-state index is 0.0938. The van der Waals surface area contributed by atoms with E-state index >= 15 is 0 Å². The molecule has 0 bridgehead atoms. The van der Waals surface area contributed by atoms with Crippen LogP contribution in [-0.4, -0.2) is 22.2 Å². The third kappa shape index (κ3) is 4.50. The highest BCUT2D eigenvalue weighted by Gasteiger charge is 2.27. The fourth-order valence-electron chi connectivity index (χ4n) is 2.81. The van der Waals surface area contributed by atoms with E-state index in [2.05, 4.69) is 15.3 Å². The molecule has 0 aliphatic heterocycles. The first-order valence-corrected chi connectivity index (χ1v) is 10.5. The average molecular weight is 367 g/mol. The van der Waals surface area contributed by atoms with Gasteiger partial charge in [-0.3, -0.25) is 4.79 Å². The molecule has 0 atom stereocenters. The maximum atomic E-state index is 13.8. The fraction of sp³-hybridized carbons (Fsp3) is 0.200. The molecule has 0 aliphatic rings. The molecule has 0 saturated carbocycles. The molecule has 0 radical (unpaired) electrons. The number of carbonyl (C=O) groups is 1. The van der Waals surface area contributed by atoms with Gasteiger partial charge in [-0.25, -0.2) is 4.98 Å². The van der Waals surface area contributed by atoms with Crippen molar-refractivity contribution in [2.75, 3.05) is 6.29 Å². The third-order valence-corrected chi connectivity index (χ3v) is 7.09. The van der Waals surface area contributed by atoms with E-state index in [0.29, 0.717) is 12.8 Å². The molecule has 26 heavy (non-hydrogen) atoms. The number of aromatic amines is 1. The Labute approximate surface area is 153 Å². The van der Waals surface area contributed by atoms with E-state index in [1.54, 1.807) is 12.4 Å². The summed E-state index contributed by atoms with van der Waals surface area (Å²) < 4.78 is 13.8. The molecule has 1 heterocycles. The lowest BCUT2D eigenvalue weighted by atomic mass is 10.2. The van der Waals surface area contributed by atoms with Crippen LogP contribution in [0.25, 0.3) is 0 Å². The summed E-state index contributed by atoms with van der Waals surface area (Å²) in [7, 11) is -2.91. The van der Waals surface area contributed by atoms with Crippen molar-refractivity contribution in [2.24, 2.45) is 0 Å². The lowest BCUT2D eigenvalue weighted by Gasteiger charge is -2.20. The monoisotopic (exact) mass is 367 g/mol. The molecule has 134 valence electrons. The largest absolute Gasteiger partial charge is 0.349 e. The zero-order valence-electron chi connectivity index (χ0n) is 14.5. The van der Waals surface area contributed by atoms with Gasteiger partial charge in [-0.15, -0.1) is 0 Å². The van der Waals surface area contributed by atoms with Crippen LogP contribution in [0.3, 0.4) is 0 Å². The minimum Gasteiger partial charge on any atom is -0.349 e. The number of hydrogen-bond donors (Lipinski definition) is 2. The van der Waals surface area contributed by atoms with Crippen molar-refractivity contribution < 1.29 is 9.36 Å². The SMILES string of the molecule is O=C(CCCc1ncc[nH]1)NCP(=O)(c1ccccc1)c1ccccc1. The summed E-state index contributed by atoms with van der Waals surface area (Å²) in [6, 6.07) is 18.7. The summed E-state index contributed by atoms with van der Waals surface area (Å²) in [6.45, 7) is 0. The Bertz CT molecular complexity index is 821. The van der Waals surface area contributed by atoms with Crippen molar-refractivity contribution in [1.29, 1.82) is 0 Å². The van der Waals surface area contributed by atoms with Crippen molar-refractivity contribution in [1.82, 2.24) is 15.3 Å². The Morgan fingerprint density at radius 1 is 1.00 bits per heavy atom. The molecular formula is C20H22N3O2P. The molecule has 5 nitrogen and oxygen atoms in total. The van der Waals surface area contributed by atoms with Crippen LogP contribution in [0.4, 0.5) is 0 Å². The first kappa shape index (κ1) is 18.2. The quantitative estimate of drug-likeness (QED) is 0.601. The van der Waals surface area contributed by atoms with E-state index in [0.717, 1.165) is 22.9 Å². The van der Waals surface area contributed by atoms with E-state index in [1.807, 2.05) is 60.7 Å². The molecule has 1 amide bonds. The second-order valence-corrected chi connectivity index (χ2v) is 8.89. The van der Waals surface area contributed by atoms with Crippen LogP contribution in [-0.2, 0) is 15.8 Å². The molecule has 3 rings (SSSR count). The zero-order chi connectivity index (χ0) is 18.2. The van der Waals surface area contributed by atoms with Crippen LogP contribution in [0.15, 0.2) is 73.1 Å². The Morgan fingerprint density at radius 3 is 2.15 bits per heavy atom. The number of H-pyrrole nitrogens is 1. The number of benzene rings is 2. The van der Waals surface area contributed by atoms with E-state index in [9.17, 15) is 9.36 Å². The van der Waals surface area contributed by atoms with Gasteiger partial charge in [0.2, 0.25) is 5.91 Å². The smallest absolute Gasteiger partial charge is 0.220 e.